The van der Waals surface area contributed by atoms with Gasteiger partial charge in [-0.05, 0) is 31.2 Å². The third kappa shape index (κ3) is 5.83. The van der Waals surface area contributed by atoms with Gasteiger partial charge >= 0.3 is 5.97 Å². The van der Waals surface area contributed by atoms with Gasteiger partial charge in [0.25, 0.3) is 0 Å². The molecule has 2 saturated heterocycles. The number of carbonyl (C=O) groups excluding carboxylic acids is 1. The van der Waals surface area contributed by atoms with Crippen LogP contribution >= 0.6 is 0 Å². The van der Waals surface area contributed by atoms with Crippen LogP contribution in [0.25, 0.3) is 22.3 Å². The molecule has 7 N–H and O–H groups in total. The van der Waals surface area contributed by atoms with Gasteiger partial charge in [-0.2, -0.15) is 0 Å². The van der Waals surface area contributed by atoms with Crippen LogP contribution in [-0.4, -0.2) is 104 Å². The molecule has 43 heavy (non-hydrogen) atoms. The maximum absolute atomic E-state index is 13.7. The number of ether oxygens (including phenoxy) is 5. The van der Waals surface area contributed by atoms with Crippen LogP contribution in [0.1, 0.15) is 13.8 Å². The van der Waals surface area contributed by atoms with E-state index >= 15 is 0 Å². The fraction of sp³-hybridized carbons (Fsp3) is 0.429. The van der Waals surface area contributed by atoms with Crippen molar-refractivity contribution in [2.24, 2.45) is 0 Å². The number of aliphatic hydroxyl groups excluding tert-OH is 4. The summed E-state index contributed by atoms with van der Waals surface area (Å²) in [6, 6.07) is 7.65. The average molecular weight is 607 g/mol. The van der Waals surface area contributed by atoms with Gasteiger partial charge in [0.15, 0.2) is 17.5 Å². The Labute approximate surface area is 242 Å². The summed E-state index contributed by atoms with van der Waals surface area (Å²) in [5.41, 5.74) is -2.96. The molecular weight excluding hydrogens is 576 g/mol. The first-order valence-electron chi connectivity index (χ1n) is 13.1. The molecule has 15 heteroatoms. The molecule has 15 nitrogen and oxygen atoms in total. The maximum Gasteiger partial charge on any atom is 0.302 e. The predicted molar refractivity (Wildman–Crippen MR) is 142 cm³/mol. The summed E-state index contributed by atoms with van der Waals surface area (Å²) in [5.74, 6) is -2.33. The minimum atomic E-state index is -2.05. The normalized spacial score (nSPS) is 30.7. The molecule has 8 atom stereocenters. The largest absolute Gasteiger partial charge is 0.508 e. The number of aromatic hydroxyl groups is 2. The molecule has 1 aromatic heterocycles. The minimum Gasteiger partial charge on any atom is -0.508 e. The highest BCUT2D eigenvalue weighted by Crippen LogP contribution is 2.39. The van der Waals surface area contributed by atoms with E-state index in [4.69, 9.17) is 28.1 Å². The molecule has 232 valence electrons. The Morgan fingerprint density at radius 2 is 1.70 bits per heavy atom. The Kier molecular flexibility index (Phi) is 8.24. The Morgan fingerprint density at radius 3 is 2.37 bits per heavy atom. The second-order valence-corrected chi connectivity index (χ2v) is 10.4. The predicted octanol–water partition coefficient (Wildman–Crippen LogP) is -0.532. The van der Waals surface area contributed by atoms with Crippen molar-refractivity contribution in [1.29, 1.82) is 0 Å². The number of hydrogen-bond acceptors (Lipinski definition) is 15. The zero-order chi connectivity index (χ0) is 31.2. The second kappa shape index (κ2) is 11.6. The molecule has 2 fully saturated rings. The molecule has 0 bridgehead atoms. The Balaban J connectivity index is 1.54. The van der Waals surface area contributed by atoms with E-state index in [9.17, 15) is 45.3 Å². The molecule has 2 aromatic carbocycles. The van der Waals surface area contributed by atoms with E-state index < -0.39 is 84.8 Å². The highest BCUT2D eigenvalue weighted by Gasteiger charge is 2.51. The van der Waals surface area contributed by atoms with Gasteiger partial charge in [-0.1, -0.05) is 0 Å². The van der Waals surface area contributed by atoms with Crippen molar-refractivity contribution in [1.82, 2.24) is 0 Å². The van der Waals surface area contributed by atoms with Crippen molar-refractivity contribution < 1.29 is 68.6 Å². The summed E-state index contributed by atoms with van der Waals surface area (Å²) in [5, 5.41) is 72.0. The summed E-state index contributed by atoms with van der Waals surface area (Å²) in [4.78, 5) is 24.9. The first kappa shape index (κ1) is 30.5. The van der Waals surface area contributed by atoms with Gasteiger partial charge in [0.1, 0.15) is 53.1 Å². The highest BCUT2D eigenvalue weighted by atomic mass is 16.7. The lowest BCUT2D eigenvalue weighted by molar-refractivity contribution is -0.268. The van der Waals surface area contributed by atoms with E-state index in [1.54, 1.807) is 0 Å². The summed E-state index contributed by atoms with van der Waals surface area (Å²) in [7, 11) is 0. The van der Waals surface area contributed by atoms with Crippen molar-refractivity contribution in [3.8, 4) is 34.3 Å². The molecule has 0 unspecified atom stereocenters. The van der Waals surface area contributed by atoms with Crippen molar-refractivity contribution in [2.75, 3.05) is 13.2 Å². The molecule has 3 heterocycles. The van der Waals surface area contributed by atoms with Gasteiger partial charge in [-0.3, -0.25) is 9.59 Å². The van der Waals surface area contributed by atoms with E-state index in [1.807, 2.05) is 0 Å². The number of phenolic OH excluding ortho intramolecular Hbond substituents is 2. The number of fused-ring (bicyclic) bond motifs is 1. The first-order chi connectivity index (χ1) is 20.3. The van der Waals surface area contributed by atoms with Gasteiger partial charge in [0.05, 0.1) is 12.7 Å². The Bertz CT molecular complexity index is 1550. The molecule has 5 rings (SSSR count). The zero-order valence-electron chi connectivity index (χ0n) is 22.8. The van der Waals surface area contributed by atoms with Crippen molar-refractivity contribution in [3.05, 3.63) is 46.6 Å². The number of rotatable bonds is 7. The molecule has 2 aliphatic rings. The molecule has 0 radical (unpaired) electrons. The van der Waals surface area contributed by atoms with Crippen molar-refractivity contribution >= 4 is 16.9 Å². The minimum absolute atomic E-state index is 0.0969. The van der Waals surface area contributed by atoms with Crippen molar-refractivity contribution in [2.45, 2.75) is 62.5 Å². The van der Waals surface area contributed by atoms with Gasteiger partial charge in [0.2, 0.25) is 23.8 Å². The lowest BCUT2D eigenvalue weighted by atomic mass is 10.00. The van der Waals surface area contributed by atoms with Gasteiger partial charge < -0.3 is 63.8 Å². The lowest BCUT2D eigenvalue weighted by Crippen LogP contribution is -2.58. The number of carbonyl (C=O) groups is 1. The Hall–Kier alpha value is -3.96. The second-order valence-electron chi connectivity index (χ2n) is 10.4. The SMILES string of the molecule is CC(=O)OC[C@]1(O)CO[C@H](Oc2c(-c3ccc(O)cc3)oc3cc(O[C@@H]4O[C@@H](C)[C@H](O)[C@@H](O)[C@H]4O)cc(O)c3c2=O)[C@H]1O. The molecule has 2 aliphatic heterocycles. The van der Waals surface area contributed by atoms with Gasteiger partial charge in [-0.25, -0.2) is 0 Å². The molecule has 0 amide bonds. The number of esters is 1. The summed E-state index contributed by atoms with van der Waals surface area (Å²) < 4.78 is 32.9. The van der Waals surface area contributed by atoms with E-state index in [-0.39, 0.29) is 33.8 Å². The smallest absolute Gasteiger partial charge is 0.302 e. The quantitative estimate of drug-likeness (QED) is 0.167. The molecule has 0 spiro atoms. The van der Waals surface area contributed by atoms with Crippen LogP contribution in [0.3, 0.4) is 0 Å². The third-order valence-corrected chi connectivity index (χ3v) is 7.16. The molecule has 0 saturated carbocycles. The lowest BCUT2D eigenvalue weighted by Gasteiger charge is -2.38. The van der Waals surface area contributed by atoms with E-state index in [0.717, 1.165) is 13.0 Å². The Morgan fingerprint density at radius 1 is 1.00 bits per heavy atom. The van der Waals surface area contributed by atoms with Crippen LogP contribution in [0.4, 0.5) is 0 Å². The molecular formula is C28H30O15. The topological polar surface area (TPSA) is 235 Å². The van der Waals surface area contributed by atoms with Crippen molar-refractivity contribution in [3.63, 3.8) is 0 Å². The van der Waals surface area contributed by atoms with Gasteiger partial charge in [-0.15, -0.1) is 0 Å². The summed E-state index contributed by atoms with van der Waals surface area (Å²) in [6.07, 6.45) is -10.4. The summed E-state index contributed by atoms with van der Waals surface area (Å²) in [6.45, 7) is 1.45. The standard InChI is InChI=1S/C28H30O15/c1-11-19(32)21(34)22(35)26(40-11)41-15-7-16(31)18-17(8-15)42-23(13-3-5-14(30)6-4-13)24(20(18)33)43-27-25(36)28(37,10-39-27)9-38-12(2)29/h3-8,11,19,21-22,25-27,30-32,34-37H,9-10H2,1-2H3/t11-,19-,21+,22+,25+,26-,27+,28-/m0/s1. The number of benzene rings is 2. The van der Waals surface area contributed by atoms with E-state index in [0.29, 0.717) is 0 Å². The van der Waals surface area contributed by atoms with Crippen LogP contribution in [0.15, 0.2) is 45.6 Å². The summed E-state index contributed by atoms with van der Waals surface area (Å²) >= 11 is 0. The van der Waals surface area contributed by atoms with Crippen LogP contribution < -0.4 is 14.9 Å². The number of hydrogen-bond donors (Lipinski definition) is 7. The number of aliphatic hydroxyl groups is 5. The van der Waals surface area contributed by atoms with Crippen LogP contribution in [0, 0.1) is 0 Å². The van der Waals surface area contributed by atoms with Crippen LogP contribution in [0.5, 0.6) is 23.0 Å². The fourth-order valence-electron chi connectivity index (χ4n) is 4.71. The monoisotopic (exact) mass is 606 g/mol. The number of phenols is 2. The zero-order valence-corrected chi connectivity index (χ0v) is 22.8. The maximum atomic E-state index is 13.7. The first-order valence-corrected chi connectivity index (χ1v) is 13.1. The third-order valence-electron chi connectivity index (χ3n) is 7.16. The molecule has 3 aromatic rings. The van der Waals surface area contributed by atoms with E-state index in [1.165, 1.54) is 37.3 Å². The molecule has 0 aliphatic carbocycles. The van der Waals surface area contributed by atoms with Crippen LogP contribution in [-0.2, 0) is 19.0 Å². The van der Waals surface area contributed by atoms with Crippen LogP contribution in [0.2, 0.25) is 0 Å². The fourth-order valence-corrected chi connectivity index (χ4v) is 4.71. The van der Waals surface area contributed by atoms with E-state index in [2.05, 4.69) is 0 Å². The average Bonchev–Trinajstić information content (AvgIpc) is 3.24. The highest BCUT2D eigenvalue weighted by molar-refractivity contribution is 5.88. The van der Waals surface area contributed by atoms with Gasteiger partial charge in [0, 0.05) is 24.6 Å².